The smallest absolute Gasteiger partial charge is 0.137 e. The molecule has 1 aromatic carbocycles. The van der Waals surface area contributed by atoms with Crippen LogP contribution in [0, 0.1) is 25.7 Å². The van der Waals surface area contributed by atoms with Gasteiger partial charge in [0.05, 0.1) is 7.11 Å². The molecule has 1 aromatic rings. The zero-order valence-electron chi connectivity index (χ0n) is 6.86. The molecular formula is C9H10FO. The molecule has 0 unspecified atom stereocenters. The van der Waals surface area contributed by atoms with E-state index in [0.29, 0.717) is 11.3 Å². The average molecular weight is 153 g/mol. The first-order valence-corrected chi connectivity index (χ1v) is 3.38. The molecule has 1 nitrogen and oxygen atoms in total. The van der Waals surface area contributed by atoms with Crippen molar-refractivity contribution in [2.24, 2.45) is 0 Å². The zero-order chi connectivity index (χ0) is 8.43. The Bertz CT molecular complexity index is 269. The van der Waals surface area contributed by atoms with E-state index >= 15 is 0 Å². The molecule has 0 aromatic heterocycles. The first-order valence-electron chi connectivity index (χ1n) is 3.38. The normalized spacial score (nSPS) is 9.82. The molecule has 0 atom stereocenters. The van der Waals surface area contributed by atoms with E-state index in [2.05, 4.69) is 6.07 Å². The van der Waals surface area contributed by atoms with Gasteiger partial charge in [-0.2, -0.15) is 0 Å². The largest absolute Gasteiger partial charge is 0.496 e. The van der Waals surface area contributed by atoms with Crippen molar-refractivity contribution in [3.8, 4) is 5.75 Å². The monoisotopic (exact) mass is 153 g/mol. The summed E-state index contributed by atoms with van der Waals surface area (Å²) in [6.45, 7) is 3.54. The minimum atomic E-state index is -0.340. The molecule has 1 radical (unpaired) electrons. The maximum Gasteiger partial charge on any atom is 0.137 e. The van der Waals surface area contributed by atoms with Crippen LogP contribution >= 0.6 is 0 Å². The quantitative estimate of drug-likeness (QED) is 0.601. The Morgan fingerprint density at radius 2 is 2.09 bits per heavy atom. The Morgan fingerprint density at radius 1 is 1.45 bits per heavy atom. The van der Waals surface area contributed by atoms with Crippen LogP contribution in [0.2, 0.25) is 0 Å². The van der Waals surface area contributed by atoms with Gasteiger partial charge in [-0.1, -0.05) is 0 Å². The summed E-state index contributed by atoms with van der Waals surface area (Å²) in [5.41, 5.74) is 1.43. The second-order valence-electron chi connectivity index (χ2n) is 2.44. The summed E-state index contributed by atoms with van der Waals surface area (Å²) in [5.74, 6) is 0.272. The molecule has 0 saturated carbocycles. The summed E-state index contributed by atoms with van der Waals surface area (Å²) in [4.78, 5) is 0. The van der Waals surface area contributed by atoms with E-state index in [1.54, 1.807) is 13.0 Å². The van der Waals surface area contributed by atoms with E-state index < -0.39 is 0 Å². The lowest BCUT2D eigenvalue weighted by Gasteiger charge is -2.07. The van der Waals surface area contributed by atoms with Gasteiger partial charge in [0.25, 0.3) is 0 Å². The van der Waals surface area contributed by atoms with Gasteiger partial charge in [-0.3, -0.25) is 0 Å². The lowest BCUT2D eigenvalue weighted by Crippen LogP contribution is -1.93. The number of halogens is 1. The van der Waals surface area contributed by atoms with E-state index in [1.807, 2.05) is 6.92 Å². The average Bonchev–Trinajstić information content (AvgIpc) is 1.99. The second kappa shape index (κ2) is 2.91. The number of ether oxygens (including phenoxy) is 1. The highest BCUT2D eigenvalue weighted by Crippen LogP contribution is 2.23. The predicted molar refractivity (Wildman–Crippen MR) is 41.3 cm³/mol. The van der Waals surface area contributed by atoms with Crippen molar-refractivity contribution in [1.82, 2.24) is 0 Å². The molecular weight excluding hydrogens is 143 g/mol. The SMILES string of the molecule is COc1c(C)c[c]c(F)c1C. The van der Waals surface area contributed by atoms with Crippen molar-refractivity contribution in [1.29, 1.82) is 0 Å². The minimum Gasteiger partial charge on any atom is -0.496 e. The summed E-state index contributed by atoms with van der Waals surface area (Å²) in [6.07, 6.45) is 0. The Hall–Kier alpha value is -1.05. The lowest BCUT2D eigenvalue weighted by atomic mass is 10.1. The minimum absolute atomic E-state index is 0.340. The summed E-state index contributed by atoms with van der Waals surface area (Å²) < 4.78 is 17.8. The van der Waals surface area contributed by atoms with Crippen LogP contribution in [0.4, 0.5) is 4.39 Å². The summed E-state index contributed by atoms with van der Waals surface area (Å²) in [6, 6.07) is 4.08. The number of hydrogen-bond acceptors (Lipinski definition) is 1. The molecule has 0 aliphatic rings. The summed E-state index contributed by atoms with van der Waals surface area (Å²) >= 11 is 0. The first-order chi connectivity index (χ1) is 5.16. The van der Waals surface area contributed by atoms with Crippen LogP contribution in [0.15, 0.2) is 6.07 Å². The Kier molecular flexibility index (Phi) is 2.13. The van der Waals surface area contributed by atoms with Crippen molar-refractivity contribution in [3.63, 3.8) is 0 Å². The number of rotatable bonds is 1. The van der Waals surface area contributed by atoms with E-state index in [4.69, 9.17) is 4.74 Å². The Morgan fingerprint density at radius 3 is 2.55 bits per heavy atom. The van der Waals surface area contributed by atoms with Gasteiger partial charge < -0.3 is 4.74 Å². The maximum atomic E-state index is 12.8. The molecule has 0 aliphatic carbocycles. The molecule has 0 N–H and O–H groups in total. The molecule has 0 bridgehead atoms. The van der Waals surface area contributed by atoms with Crippen LogP contribution in [-0.2, 0) is 0 Å². The third-order valence-electron chi connectivity index (χ3n) is 1.65. The van der Waals surface area contributed by atoms with Crippen LogP contribution in [0.1, 0.15) is 11.1 Å². The molecule has 0 spiro atoms. The maximum absolute atomic E-state index is 12.8. The summed E-state index contributed by atoms with van der Waals surface area (Å²) in [5, 5.41) is 0. The number of benzene rings is 1. The fourth-order valence-electron chi connectivity index (χ4n) is 1.05. The lowest BCUT2D eigenvalue weighted by molar-refractivity contribution is 0.404. The van der Waals surface area contributed by atoms with E-state index in [1.165, 1.54) is 7.11 Å². The van der Waals surface area contributed by atoms with Gasteiger partial charge in [0.15, 0.2) is 0 Å². The van der Waals surface area contributed by atoms with E-state index in [9.17, 15) is 4.39 Å². The number of aryl methyl sites for hydroxylation is 1. The van der Waals surface area contributed by atoms with E-state index in [-0.39, 0.29) is 5.82 Å². The highest BCUT2D eigenvalue weighted by atomic mass is 19.1. The Labute approximate surface area is 65.8 Å². The van der Waals surface area contributed by atoms with Gasteiger partial charge in [0.2, 0.25) is 0 Å². The second-order valence-corrected chi connectivity index (χ2v) is 2.44. The topological polar surface area (TPSA) is 9.23 Å². The fraction of sp³-hybridized carbons (Fsp3) is 0.333. The third-order valence-corrected chi connectivity index (χ3v) is 1.65. The highest BCUT2D eigenvalue weighted by Gasteiger charge is 2.06. The van der Waals surface area contributed by atoms with Crippen molar-refractivity contribution >= 4 is 0 Å². The van der Waals surface area contributed by atoms with Gasteiger partial charge in [-0.25, -0.2) is 4.39 Å². The molecule has 0 heterocycles. The molecule has 1 rings (SSSR count). The third kappa shape index (κ3) is 1.34. The predicted octanol–water partition coefficient (Wildman–Crippen LogP) is 2.25. The molecule has 2 heteroatoms. The molecule has 0 saturated heterocycles. The zero-order valence-corrected chi connectivity index (χ0v) is 6.86. The van der Waals surface area contributed by atoms with Crippen LogP contribution in [0.5, 0.6) is 5.75 Å². The van der Waals surface area contributed by atoms with Crippen LogP contribution in [-0.4, -0.2) is 7.11 Å². The molecule has 59 valence electrons. The van der Waals surface area contributed by atoms with Gasteiger partial charge in [-0.05, 0) is 25.5 Å². The van der Waals surface area contributed by atoms with E-state index in [0.717, 1.165) is 5.56 Å². The van der Waals surface area contributed by atoms with Crippen molar-refractivity contribution in [2.45, 2.75) is 13.8 Å². The van der Waals surface area contributed by atoms with Gasteiger partial charge in [0.1, 0.15) is 11.6 Å². The van der Waals surface area contributed by atoms with Gasteiger partial charge in [0, 0.05) is 11.6 Å². The molecule has 0 aliphatic heterocycles. The van der Waals surface area contributed by atoms with Gasteiger partial charge in [-0.15, -0.1) is 0 Å². The van der Waals surface area contributed by atoms with Crippen LogP contribution in [0.3, 0.4) is 0 Å². The van der Waals surface area contributed by atoms with Crippen LogP contribution < -0.4 is 4.74 Å². The first kappa shape index (κ1) is 8.05. The summed E-state index contributed by atoms with van der Waals surface area (Å²) in [7, 11) is 1.54. The molecule has 0 amide bonds. The van der Waals surface area contributed by atoms with Crippen molar-refractivity contribution in [2.75, 3.05) is 7.11 Å². The molecule has 11 heavy (non-hydrogen) atoms. The molecule has 0 fully saturated rings. The van der Waals surface area contributed by atoms with Crippen molar-refractivity contribution < 1.29 is 9.13 Å². The number of methoxy groups -OCH3 is 1. The number of hydrogen-bond donors (Lipinski definition) is 0. The van der Waals surface area contributed by atoms with Crippen LogP contribution in [0.25, 0.3) is 0 Å². The highest BCUT2D eigenvalue weighted by molar-refractivity contribution is 5.40. The standard InChI is InChI=1S/C9H10FO/c1-6-4-5-8(10)7(2)9(6)11-3/h4H,1-3H3. The Balaban J connectivity index is 3.29. The van der Waals surface area contributed by atoms with Crippen molar-refractivity contribution in [3.05, 3.63) is 29.1 Å². The van der Waals surface area contributed by atoms with Gasteiger partial charge >= 0.3 is 0 Å². The fourth-order valence-corrected chi connectivity index (χ4v) is 1.05.